The Balaban J connectivity index is 1.77. The highest BCUT2D eigenvalue weighted by atomic mass is 35.5. The molecule has 2 amide bonds. The van der Waals surface area contributed by atoms with Gasteiger partial charge in [0.25, 0.3) is 0 Å². The third-order valence-electron chi connectivity index (χ3n) is 3.80. The van der Waals surface area contributed by atoms with Crippen LogP contribution in [0, 0.1) is 0 Å². The minimum absolute atomic E-state index is 0.0266. The van der Waals surface area contributed by atoms with Crippen LogP contribution in [0.5, 0.6) is 0 Å². The minimum Gasteiger partial charge on any atom is -0.353 e. The van der Waals surface area contributed by atoms with Crippen LogP contribution < -0.4 is 5.32 Å². The number of carbonyl (C=O) groups excluding carboxylic acids is 2. The normalized spacial score (nSPS) is 15.5. The van der Waals surface area contributed by atoms with Gasteiger partial charge < -0.3 is 10.2 Å². The SMILES string of the molecule is CC(C)NC(=O)CN1CCN(C(=O)CSc2c(Cl)cccc2Cl)CC1. The molecule has 25 heavy (non-hydrogen) atoms. The Kier molecular flexibility index (Phi) is 7.87. The van der Waals surface area contributed by atoms with E-state index in [1.807, 2.05) is 18.7 Å². The fourth-order valence-electron chi connectivity index (χ4n) is 2.57. The van der Waals surface area contributed by atoms with Crippen LogP contribution in [0.4, 0.5) is 0 Å². The number of hydrogen-bond acceptors (Lipinski definition) is 4. The van der Waals surface area contributed by atoms with Gasteiger partial charge in [-0.1, -0.05) is 29.3 Å². The van der Waals surface area contributed by atoms with Crippen molar-refractivity contribution in [1.82, 2.24) is 15.1 Å². The summed E-state index contributed by atoms with van der Waals surface area (Å²) in [6.07, 6.45) is 0. The van der Waals surface area contributed by atoms with Gasteiger partial charge in [-0.05, 0) is 26.0 Å². The zero-order chi connectivity index (χ0) is 18.4. The van der Waals surface area contributed by atoms with Crippen LogP contribution in [0.2, 0.25) is 10.0 Å². The number of carbonyl (C=O) groups is 2. The molecule has 0 aromatic heterocycles. The quantitative estimate of drug-likeness (QED) is 0.741. The van der Waals surface area contributed by atoms with Crippen LogP contribution in [-0.4, -0.2) is 66.1 Å². The summed E-state index contributed by atoms with van der Waals surface area (Å²) in [5.74, 6) is 0.392. The molecule has 0 radical (unpaired) electrons. The van der Waals surface area contributed by atoms with Crippen LogP contribution in [0.25, 0.3) is 0 Å². The number of thioether (sulfide) groups is 1. The highest BCUT2D eigenvalue weighted by molar-refractivity contribution is 8.00. The van der Waals surface area contributed by atoms with Gasteiger partial charge in [-0.2, -0.15) is 0 Å². The third kappa shape index (κ3) is 6.37. The zero-order valence-electron chi connectivity index (χ0n) is 14.4. The van der Waals surface area contributed by atoms with E-state index in [2.05, 4.69) is 10.2 Å². The van der Waals surface area contributed by atoms with E-state index in [0.29, 0.717) is 48.5 Å². The maximum Gasteiger partial charge on any atom is 0.234 e. The van der Waals surface area contributed by atoms with Gasteiger partial charge in [-0.3, -0.25) is 14.5 Å². The van der Waals surface area contributed by atoms with Crippen molar-refractivity contribution in [3.05, 3.63) is 28.2 Å². The average Bonchev–Trinajstić information content (AvgIpc) is 2.54. The van der Waals surface area contributed by atoms with E-state index in [0.717, 1.165) is 4.90 Å². The lowest BCUT2D eigenvalue weighted by molar-refractivity contribution is -0.130. The average molecular weight is 404 g/mol. The van der Waals surface area contributed by atoms with Gasteiger partial charge in [-0.25, -0.2) is 0 Å². The molecule has 1 heterocycles. The Hall–Kier alpha value is -0.950. The summed E-state index contributed by atoms with van der Waals surface area (Å²) in [5.41, 5.74) is 0. The molecule has 0 aliphatic carbocycles. The molecule has 1 aromatic rings. The lowest BCUT2D eigenvalue weighted by Gasteiger charge is -2.34. The Morgan fingerprint density at radius 2 is 1.76 bits per heavy atom. The number of piperazine rings is 1. The molecule has 138 valence electrons. The molecule has 1 N–H and O–H groups in total. The van der Waals surface area contributed by atoms with E-state index in [1.165, 1.54) is 11.8 Å². The number of nitrogens with one attached hydrogen (secondary N) is 1. The van der Waals surface area contributed by atoms with E-state index in [1.54, 1.807) is 18.2 Å². The first kappa shape index (κ1) is 20.4. The summed E-state index contributed by atoms with van der Waals surface area (Å²) >= 11 is 13.6. The van der Waals surface area contributed by atoms with Crippen molar-refractivity contribution < 1.29 is 9.59 Å². The highest BCUT2D eigenvalue weighted by Gasteiger charge is 2.23. The molecule has 0 unspecified atom stereocenters. The Morgan fingerprint density at radius 3 is 2.32 bits per heavy atom. The molecule has 8 heteroatoms. The van der Waals surface area contributed by atoms with Crippen LogP contribution in [-0.2, 0) is 9.59 Å². The molecule has 5 nitrogen and oxygen atoms in total. The van der Waals surface area contributed by atoms with E-state index in [9.17, 15) is 9.59 Å². The summed E-state index contributed by atoms with van der Waals surface area (Å²) in [6, 6.07) is 5.46. The van der Waals surface area contributed by atoms with Crippen molar-refractivity contribution in [2.45, 2.75) is 24.8 Å². The molecular formula is C17H23Cl2N3O2S. The molecule has 2 rings (SSSR count). The molecular weight excluding hydrogens is 381 g/mol. The van der Waals surface area contributed by atoms with Gasteiger partial charge in [0.15, 0.2) is 0 Å². The zero-order valence-corrected chi connectivity index (χ0v) is 16.8. The van der Waals surface area contributed by atoms with Crippen molar-refractivity contribution in [2.75, 3.05) is 38.5 Å². The van der Waals surface area contributed by atoms with Gasteiger partial charge in [-0.15, -0.1) is 11.8 Å². The van der Waals surface area contributed by atoms with Crippen LogP contribution >= 0.6 is 35.0 Å². The van der Waals surface area contributed by atoms with Crippen molar-refractivity contribution >= 4 is 46.8 Å². The number of amides is 2. The first-order chi connectivity index (χ1) is 11.9. The Morgan fingerprint density at radius 1 is 1.16 bits per heavy atom. The Bertz CT molecular complexity index is 600. The summed E-state index contributed by atoms with van der Waals surface area (Å²) < 4.78 is 0. The second-order valence-corrected chi connectivity index (χ2v) is 8.02. The molecule has 1 saturated heterocycles. The first-order valence-corrected chi connectivity index (χ1v) is 9.97. The number of nitrogens with zero attached hydrogens (tertiary/aromatic N) is 2. The molecule has 1 fully saturated rings. The second kappa shape index (κ2) is 9.67. The molecule has 1 aromatic carbocycles. The number of halogens is 2. The van der Waals surface area contributed by atoms with E-state index >= 15 is 0 Å². The number of hydrogen-bond donors (Lipinski definition) is 1. The summed E-state index contributed by atoms with van der Waals surface area (Å²) in [5, 5.41) is 4.01. The fraction of sp³-hybridized carbons (Fsp3) is 0.529. The number of benzene rings is 1. The summed E-state index contributed by atoms with van der Waals surface area (Å²) in [6.45, 7) is 6.93. The lowest BCUT2D eigenvalue weighted by atomic mass is 10.3. The predicted octanol–water partition coefficient (Wildman–Crippen LogP) is 2.75. The molecule has 0 spiro atoms. The Labute approximate surface area is 163 Å². The monoisotopic (exact) mass is 403 g/mol. The van der Waals surface area contributed by atoms with Crippen molar-refractivity contribution in [2.24, 2.45) is 0 Å². The van der Waals surface area contributed by atoms with Gasteiger partial charge in [0.2, 0.25) is 11.8 Å². The minimum atomic E-state index is 0.0266. The van der Waals surface area contributed by atoms with Crippen molar-refractivity contribution in [1.29, 1.82) is 0 Å². The van der Waals surface area contributed by atoms with E-state index < -0.39 is 0 Å². The number of rotatable bonds is 6. The van der Waals surface area contributed by atoms with E-state index in [4.69, 9.17) is 23.2 Å². The standard InChI is InChI=1S/C17H23Cl2N3O2S/c1-12(2)20-15(23)10-21-6-8-22(9-7-21)16(24)11-25-17-13(18)4-3-5-14(17)19/h3-5,12H,6-11H2,1-2H3,(H,20,23). The van der Waals surface area contributed by atoms with E-state index in [-0.39, 0.29) is 17.9 Å². The smallest absolute Gasteiger partial charge is 0.234 e. The topological polar surface area (TPSA) is 52.7 Å². The lowest BCUT2D eigenvalue weighted by Crippen LogP contribution is -2.52. The second-order valence-electron chi connectivity index (χ2n) is 6.22. The highest BCUT2D eigenvalue weighted by Crippen LogP contribution is 2.33. The van der Waals surface area contributed by atoms with Crippen molar-refractivity contribution in [3.63, 3.8) is 0 Å². The predicted molar refractivity (Wildman–Crippen MR) is 103 cm³/mol. The molecule has 0 saturated carbocycles. The molecule has 0 atom stereocenters. The van der Waals surface area contributed by atoms with Crippen LogP contribution in [0.1, 0.15) is 13.8 Å². The summed E-state index contributed by atoms with van der Waals surface area (Å²) in [7, 11) is 0. The maximum atomic E-state index is 12.4. The third-order valence-corrected chi connectivity index (χ3v) is 5.77. The largest absolute Gasteiger partial charge is 0.353 e. The van der Waals surface area contributed by atoms with Crippen LogP contribution in [0.15, 0.2) is 23.1 Å². The maximum absolute atomic E-state index is 12.4. The molecule has 1 aliphatic rings. The van der Waals surface area contributed by atoms with Gasteiger partial charge >= 0.3 is 0 Å². The molecule has 1 aliphatic heterocycles. The fourth-order valence-corrected chi connectivity index (χ4v) is 4.16. The van der Waals surface area contributed by atoms with Crippen LogP contribution in [0.3, 0.4) is 0 Å². The van der Waals surface area contributed by atoms with Gasteiger partial charge in [0.1, 0.15) is 0 Å². The van der Waals surface area contributed by atoms with Gasteiger partial charge in [0, 0.05) is 37.1 Å². The molecule has 0 bridgehead atoms. The first-order valence-electron chi connectivity index (χ1n) is 8.23. The van der Waals surface area contributed by atoms with Crippen molar-refractivity contribution in [3.8, 4) is 0 Å². The van der Waals surface area contributed by atoms with Gasteiger partial charge in [0.05, 0.1) is 22.3 Å². The summed E-state index contributed by atoms with van der Waals surface area (Å²) in [4.78, 5) is 28.8.